The van der Waals surface area contributed by atoms with E-state index in [0.29, 0.717) is 39.7 Å². The van der Waals surface area contributed by atoms with Crippen molar-refractivity contribution in [2.45, 2.75) is 17.6 Å². The summed E-state index contributed by atoms with van der Waals surface area (Å²) in [5.41, 5.74) is 3.20. The smallest absolute Gasteiger partial charge is 0.184 e. The largest absolute Gasteiger partial charge is 0.497 e. The standard InChI is InChI=1S/C24H23N3O4S/c1-16-9-11-19-20(13-16)25-22(15-32(28,29)18-7-5-4-6-8-18)24(26-19)27-21-14-17(30-2)10-12-23(21)31-3/h4-14H,15H2,1-3H3,(H,26,27). The van der Waals surface area contributed by atoms with Crippen LogP contribution in [0.3, 0.4) is 0 Å². The minimum absolute atomic E-state index is 0.232. The Labute approximate surface area is 187 Å². The number of sulfone groups is 1. The maximum absolute atomic E-state index is 13.1. The van der Waals surface area contributed by atoms with Crippen molar-refractivity contribution in [3.8, 4) is 11.5 Å². The molecule has 0 radical (unpaired) electrons. The predicted octanol–water partition coefficient (Wildman–Crippen LogP) is 4.67. The van der Waals surface area contributed by atoms with E-state index in [4.69, 9.17) is 9.47 Å². The zero-order valence-electron chi connectivity index (χ0n) is 18.0. The summed E-state index contributed by atoms with van der Waals surface area (Å²) in [6, 6.07) is 19.3. The van der Waals surface area contributed by atoms with Crippen molar-refractivity contribution in [3.63, 3.8) is 0 Å². The maximum atomic E-state index is 13.1. The Kier molecular flexibility index (Phi) is 5.96. The van der Waals surface area contributed by atoms with Crippen molar-refractivity contribution in [2.24, 2.45) is 0 Å². The van der Waals surface area contributed by atoms with Crippen molar-refractivity contribution < 1.29 is 17.9 Å². The van der Waals surface area contributed by atoms with Gasteiger partial charge in [-0.25, -0.2) is 18.4 Å². The number of fused-ring (bicyclic) bond motifs is 1. The highest BCUT2D eigenvalue weighted by Gasteiger charge is 2.21. The molecule has 0 atom stereocenters. The van der Waals surface area contributed by atoms with Crippen LogP contribution in [0.1, 0.15) is 11.3 Å². The van der Waals surface area contributed by atoms with Gasteiger partial charge in [0.2, 0.25) is 0 Å². The normalized spacial score (nSPS) is 11.3. The summed E-state index contributed by atoms with van der Waals surface area (Å²) in [6.45, 7) is 1.95. The van der Waals surface area contributed by atoms with Crippen molar-refractivity contribution in [1.82, 2.24) is 9.97 Å². The molecule has 7 nitrogen and oxygen atoms in total. The fourth-order valence-electron chi connectivity index (χ4n) is 3.33. The van der Waals surface area contributed by atoms with Gasteiger partial charge in [0.25, 0.3) is 0 Å². The van der Waals surface area contributed by atoms with E-state index in [0.717, 1.165) is 5.56 Å². The van der Waals surface area contributed by atoms with E-state index in [1.54, 1.807) is 62.8 Å². The molecule has 1 N–H and O–H groups in total. The molecule has 0 unspecified atom stereocenters. The minimum Gasteiger partial charge on any atom is -0.497 e. The van der Waals surface area contributed by atoms with E-state index < -0.39 is 9.84 Å². The molecule has 32 heavy (non-hydrogen) atoms. The number of methoxy groups -OCH3 is 2. The molecule has 3 aromatic carbocycles. The molecule has 0 saturated heterocycles. The number of benzene rings is 3. The number of hydrogen-bond acceptors (Lipinski definition) is 7. The summed E-state index contributed by atoms with van der Waals surface area (Å²) in [6.07, 6.45) is 0. The van der Waals surface area contributed by atoms with Crippen molar-refractivity contribution in [1.29, 1.82) is 0 Å². The molecule has 0 aliphatic rings. The van der Waals surface area contributed by atoms with Gasteiger partial charge in [0.15, 0.2) is 15.7 Å². The Morgan fingerprint density at radius 1 is 0.875 bits per heavy atom. The van der Waals surface area contributed by atoms with E-state index in [-0.39, 0.29) is 10.6 Å². The van der Waals surface area contributed by atoms with Gasteiger partial charge >= 0.3 is 0 Å². The molecular formula is C24H23N3O4S. The molecular weight excluding hydrogens is 426 g/mol. The van der Waals surface area contributed by atoms with Gasteiger partial charge in [-0.05, 0) is 48.9 Å². The lowest BCUT2D eigenvalue weighted by molar-refractivity contribution is 0.405. The summed E-state index contributed by atoms with van der Waals surface area (Å²) in [5.74, 6) is 1.22. The van der Waals surface area contributed by atoms with Crippen LogP contribution in [0, 0.1) is 6.92 Å². The third-order valence-electron chi connectivity index (χ3n) is 4.98. The second kappa shape index (κ2) is 8.84. The molecule has 0 saturated carbocycles. The first-order chi connectivity index (χ1) is 15.4. The first-order valence-electron chi connectivity index (χ1n) is 9.94. The highest BCUT2D eigenvalue weighted by atomic mass is 32.2. The van der Waals surface area contributed by atoms with Crippen molar-refractivity contribution in [3.05, 3.63) is 78.0 Å². The van der Waals surface area contributed by atoms with E-state index in [2.05, 4.69) is 15.3 Å². The summed E-state index contributed by atoms with van der Waals surface area (Å²) in [7, 11) is -0.505. The number of nitrogens with one attached hydrogen (secondary N) is 1. The fraction of sp³-hybridized carbons (Fsp3) is 0.167. The van der Waals surface area contributed by atoms with Crippen molar-refractivity contribution in [2.75, 3.05) is 19.5 Å². The number of aryl methyl sites for hydroxylation is 1. The SMILES string of the molecule is COc1ccc(OC)c(Nc2nc3ccc(C)cc3nc2CS(=O)(=O)c2ccccc2)c1. The van der Waals surface area contributed by atoms with Gasteiger partial charge in [-0.1, -0.05) is 24.3 Å². The summed E-state index contributed by atoms with van der Waals surface area (Å²) < 4.78 is 36.9. The molecule has 0 aliphatic carbocycles. The molecule has 4 rings (SSSR count). The second-order valence-electron chi connectivity index (χ2n) is 7.27. The van der Waals surface area contributed by atoms with Crippen LogP contribution in [0.2, 0.25) is 0 Å². The second-order valence-corrected chi connectivity index (χ2v) is 9.26. The molecule has 1 heterocycles. The quantitative estimate of drug-likeness (QED) is 0.438. The highest BCUT2D eigenvalue weighted by molar-refractivity contribution is 7.90. The van der Waals surface area contributed by atoms with Gasteiger partial charge in [0.1, 0.15) is 17.3 Å². The van der Waals surface area contributed by atoms with Crippen LogP contribution in [0.15, 0.2) is 71.6 Å². The van der Waals surface area contributed by atoms with E-state index in [1.807, 2.05) is 25.1 Å². The maximum Gasteiger partial charge on any atom is 0.184 e. The minimum atomic E-state index is -3.63. The van der Waals surface area contributed by atoms with E-state index in [1.165, 1.54) is 0 Å². The number of anilines is 2. The Bertz CT molecular complexity index is 1370. The number of rotatable bonds is 7. The number of ether oxygens (including phenoxy) is 2. The van der Waals surface area contributed by atoms with Gasteiger partial charge in [-0.2, -0.15) is 0 Å². The van der Waals surface area contributed by atoms with E-state index in [9.17, 15) is 8.42 Å². The monoisotopic (exact) mass is 449 g/mol. The zero-order valence-corrected chi connectivity index (χ0v) is 18.8. The average molecular weight is 450 g/mol. The number of aromatic nitrogens is 2. The van der Waals surface area contributed by atoms with Gasteiger partial charge in [0.05, 0.1) is 41.5 Å². The van der Waals surface area contributed by atoms with Crippen LogP contribution >= 0.6 is 0 Å². The van der Waals surface area contributed by atoms with Crippen LogP contribution in [0.25, 0.3) is 11.0 Å². The van der Waals surface area contributed by atoms with E-state index >= 15 is 0 Å². The van der Waals surface area contributed by atoms with Gasteiger partial charge in [0, 0.05) is 6.07 Å². The number of hydrogen-bond donors (Lipinski definition) is 1. The third-order valence-corrected chi connectivity index (χ3v) is 6.62. The summed E-state index contributed by atoms with van der Waals surface area (Å²) in [5, 5.41) is 3.20. The molecule has 1 aromatic heterocycles. The molecule has 8 heteroatoms. The molecule has 4 aromatic rings. The Morgan fingerprint density at radius 3 is 2.38 bits per heavy atom. The molecule has 164 valence electrons. The number of nitrogens with zero attached hydrogens (tertiary/aromatic N) is 2. The molecule has 0 amide bonds. The topological polar surface area (TPSA) is 90.4 Å². The average Bonchev–Trinajstić information content (AvgIpc) is 2.80. The fourth-order valence-corrected chi connectivity index (χ4v) is 4.63. The van der Waals surface area contributed by atoms with Crippen LogP contribution < -0.4 is 14.8 Å². The predicted molar refractivity (Wildman–Crippen MR) is 124 cm³/mol. The molecule has 0 bridgehead atoms. The van der Waals surface area contributed by atoms with Gasteiger partial charge in [-0.15, -0.1) is 0 Å². The zero-order chi connectivity index (χ0) is 22.7. The van der Waals surface area contributed by atoms with Crippen molar-refractivity contribution >= 4 is 32.4 Å². The molecule has 0 aliphatic heterocycles. The lowest BCUT2D eigenvalue weighted by atomic mass is 10.2. The summed E-state index contributed by atoms with van der Waals surface area (Å²) in [4.78, 5) is 9.58. The Hall–Kier alpha value is -3.65. The third kappa shape index (κ3) is 4.50. The van der Waals surface area contributed by atoms with Crippen LogP contribution in [-0.2, 0) is 15.6 Å². The summed E-state index contributed by atoms with van der Waals surface area (Å²) >= 11 is 0. The molecule has 0 fully saturated rings. The van der Waals surface area contributed by atoms with Gasteiger partial charge < -0.3 is 14.8 Å². The van der Waals surface area contributed by atoms with Crippen LogP contribution in [0.5, 0.6) is 11.5 Å². The Morgan fingerprint density at radius 2 is 1.66 bits per heavy atom. The first kappa shape index (κ1) is 21.6. The lowest BCUT2D eigenvalue weighted by Crippen LogP contribution is -2.11. The Balaban J connectivity index is 1.83. The van der Waals surface area contributed by atoms with Crippen LogP contribution in [-0.4, -0.2) is 32.6 Å². The van der Waals surface area contributed by atoms with Crippen LogP contribution in [0.4, 0.5) is 11.5 Å². The molecule has 0 spiro atoms. The first-order valence-corrected chi connectivity index (χ1v) is 11.6. The highest BCUT2D eigenvalue weighted by Crippen LogP contribution is 2.33. The lowest BCUT2D eigenvalue weighted by Gasteiger charge is -2.15. The van der Waals surface area contributed by atoms with Gasteiger partial charge in [-0.3, -0.25) is 0 Å².